The van der Waals surface area contributed by atoms with Gasteiger partial charge >= 0.3 is 0 Å². The van der Waals surface area contributed by atoms with Gasteiger partial charge in [0.15, 0.2) is 0 Å². The highest BCUT2D eigenvalue weighted by molar-refractivity contribution is 5.20. The van der Waals surface area contributed by atoms with Crippen molar-refractivity contribution in [2.24, 2.45) is 0 Å². The van der Waals surface area contributed by atoms with Gasteiger partial charge in [-0.25, -0.2) is 0 Å². The van der Waals surface area contributed by atoms with Crippen molar-refractivity contribution < 1.29 is 4.74 Å². The predicted molar refractivity (Wildman–Crippen MR) is 40.6 cm³/mol. The van der Waals surface area contributed by atoms with Gasteiger partial charge in [-0.2, -0.15) is 0 Å². The molecule has 5 nitrogen and oxygen atoms in total. The predicted octanol–water partition coefficient (Wildman–Crippen LogP) is -0.610. The van der Waals surface area contributed by atoms with Crippen LogP contribution in [0, 0.1) is 0 Å². The van der Waals surface area contributed by atoms with Crippen molar-refractivity contribution in [2.45, 2.75) is 18.6 Å². The van der Waals surface area contributed by atoms with Crippen LogP contribution in [0.25, 0.3) is 0 Å². The molecule has 2 unspecified atom stereocenters. The van der Waals surface area contributed by atoms with E-state index >= 15 is 0 Å². The molecule has 1 aromatic heterocycles. The normalized spacial score (nSPS) is 33.0. The first-order valence-electron chi connectivity index (χ1n) is 4.17. The molecule has 1 fully saturated rings. The lowest BCUT2D eigenvalue weighted by Crippen LogP contribution is -2.26. The number of ether oxygens (including phenoxy) is 1. The highest BCUT2D eigenvalue weighted by atomic mass is 16.5. The number of aromatic amines is 1. The average Bonchev–Trinajstić information content (AvgIpc) is 2.71. The van der Waals surface area contributed by atoms with Crippen LogP contribution in [0.2, 0.25) is 0 Å². The Balaban J connectivity index is 2.04. The molecule has 3 heterocycles. The Labute approximate surface area is 69.5 Å². The second-order valence-electron chi connectivity index (χ2n) is 3.29. The molecule has 1 aromatic rings. The molecule has 0 spiro atoms. The van der Waals surface area contributed by atoms with Crippen LogP contribution < -0.4 is 5.32 Å². The summed E-state index contributed by atoms with van der Waals surface area (Å²) in [5.74, 6) is 0.434. The molecule has 64 valence electrons. The van der Waals surface area contributed by atoms with E-state index in [1.54, 1.807) is 0 Å². The molecule has 0 radical (unpaired) electrons. The minimum Gasteiger partial charge on any atom is -0.370 e. The number of hydrogen-bond acceptors (Lipinski definition) is 4. The third-order valence-corrected chi connectivity index (χ3v) is 2.62. The van der Waals surface area contributed by atoms with Crippen molar-refractivity contribution in [3.63, 3.8) is 0 Å². The van der Waals surface area contributed by atoms with Crippen LogP contribution in [-0.4, -0.2) is 34.6 Å². The Morgan fingerprint density at radius 2 is 2.42 bits per heavy atom. The molecule has 0 bridgehead atoms. The maximum absolute atomic E-state index is 5.60. The minimum atomic E-state index is 0.319. The summed E-state index contributed by atoms with van der Waals surface area (Å²) in [5, 5.41) is 14.0. The Kier molecular flexibility index (Phi) is 1.24. The zero-order chi connectivity index (χ0) is 7.97. The van der Waals surface area contributed by atoms with Gasteiger partial charge < -0.3 is 10.1 Å². The van der Waals surface area contributed by atoms with Gasteiger partial charge in [0, 0.05) is 19.0 Å². The van der Waals surface area contributed by atoms with E-state index in [1.807, 2.05) is 0 Å². The number of fused-ring (bicyclic) bond motifs is 3. The van der Waals surface area contributed by atoms with E-state index in [1.165, 1.54) is 0 Å². The van der Waals surface area contributed by atoms with E-state index < -0.39 is 0 Å². The molecule has 2 aliphatic rings. The van der Waals surface area contributed by atoms with Gasteiger partial charge in [-0.15, -0.1) is 5.10 Å². The van der Waals surface area contributed by atoms with Crippen LogP contribution in [-0.2, 0) is 11.3 Å². The largest absolute Gasteiger partial charge is 0.370 e. The van der Waals surface area contributed by atoms with Gasteiger partial charge in [0.05, 0.1) is 18.4 Å². The number of aromatic nitrogens is 3. The number of H-pyrrole nitrogens is 1. The molecule has 0 saturated carbocycles. The second kappa shape index (κ2) is 2.27. The van der Waals surface area contributed by atoms with Crippen molar-refractivity contribution in [3.8, 4) is 0 Å². The molecular formula is C7H10N4O. The van der Waals surface area contributed by atoms with Gasteiger partial charge in [-0.1, -0.05) is 5.21 Å². The van der Waals surface area contributed by atoms with Crippen LogP contribution in [0.15, 0.2) is 0 Å². The molecule has 12 heavy (non-hydrogen) atoms. The second-order valence-corrected chi connectivity index (χ2v) is 3.29. The van der Waals surface area contributed by atoms with Crippen molar-refractivity contribution in [3.05, 3.63) is 11.4 Å². The SMILES string of the molecule is C1OC2CNCC2c2[nH]nnc21. The zero-order valence-electron chi connectivity index (χ0n) is 6.58. The molecule has 0 aliphatic carbocycles. The third-order valence-electron chi connectivity index (χ3n) is 2.62. The summed E-state index contributed by atoms with van der Waals surface area (Å²) < 4.78 is 5.60. The van der Waals surface area contributed by atoms with Gasteiger partial charge in [0.1, 0.15) is 5.69 Å². The topological polar surface area (TPSA) is 62.8 Å². The number of nitrogens with one attached hydrogen (secondary N) is 2. The smallest absolute Gasteiger partial charge is 0.112 e. The van der Waals surface area contributed by atoms with E-state index in [0.29, 0.717) is 18.6 Å². The van der Waals surface area contributed by atoms with E-state index in [2.05, 4.69) is 20.7 Å². The monoisotopic (exact) mass is 166 g/mol. The van der Waals surface area contributed by atoms with Crippen LogP contribution in [0.4, 0.5) is 0 Å². The standard InChI is InChI=1S/C7H10N4O/c1-4-6(2-8-1)12-3-5-7(4)10-11-9-5/h4,6,8H,1-3H2,(H,9,10,11). The molecule has 0 amide bonds. The first-order chi connectivity index (χ1) is 5.95. The van der Waals surface area contributed by atoms with Crippen molar-refractivity contribution >= 4 is 0 Å². The molecule has 5 heteroatoms. The quantitative estimate of drug-likeness (QED) is 0.539. The highest BCUT2D eigenvalue weighted by Crippen LogP contribution is 2.30. The fourth-order valence-electron chi connectivity index (χ4n) is 1.96. The molecular weight excluding hydrogens is 156 g/mol. The first-order valence-corrected chi connectivity index (χ1v) is 4.17. The molecule has 2 atom stereocenters. The van der Waals surface area contributed by atoms with Crippen LogP contribution >= 0.6 is 0 Å². The Hall–Kier alpha value is -0.940. The van der Waals surface area contributed by atoms with E-state index in [9.17, 15) is 0 Å². The first kappa shape index (κ1) is 6.56. The maximum atomic E-state index is 5.60. The van der Waals surface area contributed by atoms with Gasteiger partial charge in [0.2, 0.25) is 0 Å². The van der Waals surface area contributed by atoms with Crippen molar-refractivity contribution in [1.82, 2.24) is 20.7 Å². The van der Waals surface area contributed by atoms with Crippen molar-refractivity contribution in [1.29, 1.82) is 0 Å². The number of nitrogens with zero attached hydrogens (tertiary/aromatic N) is 2. The maximum Gasteiger partial charge on any atom is 0.112 e. The van der Waals surface area contributed by atoms with Gasteiger partial charge in [0.25, 0.3) is 0 Å². The lowest BCUT2D eigenvalue weighted by atomic mass is 9.98. The summed E-state index contributed by atoms with van der Waals surface area (Å²) in [7, 11) is 0. The summed E-state index contributed by atoms with van der Waals surface area (Å²) in [6.07, 6.45) is 0.319. The van der Waals surface area contributed by atoms with Crippen LogP contribution in [0.5, 0.6) is 0 Å². The van der Waals surface area contributed by atoms with Crippen molar-refractivity contribution in [2.75, 3.05) is 13.1 Å². The lowest BCUT2D eigenvalue weighted by molar-refractivity contribution is 0.0271. The summed E-state index contributed by atoms with van der Waals surface area (Å²) in [6, 6.07) is 0. The molecule has 2 N–H and O–H groups in total. The molecule has 1 saturated heterocycles. The number of hydrogen-bond donors (Lipinski definition) is 2. The Morgan fingerprint density at radius 1 is 1.42 bits per heavy atom. The summed E-state index contributed by atoms with van der Waals surface area (Å²) in [4.78, 5) is 0. The van der Waals surface area contributed by atoms with Gasteiger partial charge in [-0.05, 0) is 0 Å². The lowest BCUT2D eigenvalue weighted by Gasteiger charge is -2.22. The molecule has 3 rings (SSSR count). The summed E-state index contributed by atoms with van der Waals surface area (Å²) in [6.45, 7) is 2.53. The summed E-state index contributed by atoms with van der Waals surface area (Å²) in [5.41, 5.74) is 2.14. The summed E-state index contributed by atoms with van der Waals surface area (Å²) >= 11 is 0. The highest BCUT2D eigenvalue weighted by Gasteiger charge is 2.36. The average molecular weight is 166 g/mol. The van der Waals surface area contributed by atoms with E-state index in [-0.39, 0.29) is 0 Å². The number of rotatable bonds is 0. The fraction of sp³-hybridized carbons (Fsp3) is 0.714. The molecule has 0 aromatic carbocycles. The zero-order valence-corrected chi connectivity index (χ0v) is 6.58. The van der Waals surface area contributed by atoms with Gasteiger partial charge in [-0.3, -0.25) is 5.10 Å². The van der Waals surface area contributed by atoms with E-state index in [0.717, 1.165) is 24.5 Å². The Morgan fingerprint density at radius 3 is 3.42 bits per heavy atom. The van der Waals surface area contributed by atoms with E-state index in [4.69, 9.17) is 4.74 Å². The fourth-order valence-corrected chi connectivity index (χ4v) is 1.96. The minimum absolute atomic E-state index is 0.319. The third kappa shape index (κ3) is 0.748. The molecule has 2 aliphatic heterocycles. The Bertz CT molecular complexity index is 297. The van der Waals surface area contributed by atoms with Crippen LogP contribution in [0.3, 0.4) is 0 Å². The van der Waals surface area contributed by atoms with Crippen LogP contribution in [0.1, 0.15) is 17.3 Å².